The quantitative estimate of drug-likeness (QED) is 0.817. The van der Waals surface area contributed by atoms with Crippen molar-refractivity contribution < 1.29 is 4.42 Å². The van der Waals surface area contributed by atoms with Gasteiger partial charge in [0.1, 0.15) is 5.76 Å². The Labute approximate surface area is 123 Å². The highest BCUT2D eigenvalue weighted by atomic mass is 16.4. The Morgan fingerprint density at radius 3 is 2.60 bits per heavy atom. The van der Waals surface area contributed by atoms with E-state index in [4.69, 9.17) is 4.42 Å². The zero-order chi connectivity index (χ0) is 14.6. The maximum absolute atomic E-state index is 5.95. The summed E-state index contributed by atoms with van der Waals surface area (Å²) in [5, 5.41) is 3.50. The van der Waals surface area contributed by atoms with Crippen LogP contribution in [0.2, 0.25) is 0 Å². The van der Waals surface area contributed by atoms with Crippen LogP contribution in [-0.4, -0.2) is 17.1 Å². The van der Waals surface area contributed by atoms with Crippen molar-refractivity contribution in [3.05, 3.63) is 17.8 Å². The molecule has 1 heterocycles. The monoisotopic (exact) mass is 278 g/mol. The van der Waals surface area contributed by atoms with Gasteiger partial charge in [-0.1, -0.05) is 19.8 Å². The predicted octanol–water partition coefficient (Wildman–Crippen LogP) is 4.29. The minimum atomic E-state index is 0.195. The number of nitrogens with one attached hydrogen (secondary N) is 1. The third kappa shape index (κ3) is 4.93. The van der Waals surface area contributed by atoms with Crippen LogP contribution in [0.1, 0.15) is 77.4 Å². The third-order valence-corrected chi connectivity index (χ3v) is 4.21. The van der Waals surface area contributed by atoms with Crippen LogP contribution in [-0.2, 0) is 6.42 Å². The fourth-order valence-corrected chi connectivity index (χ4v) is 2.88. The van der Waals surface area contributed by atoms with Crippen molar-refractivity contribution in [1.82, 2.24) is 10.3 Å². The van der Waals surface area contributed by atoms with Gasteiger partial charge in [0.05, 0.1) is 6.20 Å². The van der Waals surface area contributed by atoms with Gasteiger partial charge >= 0.3 is 0 Å². The van der Waals surface area contributed by atoms with E-state index in [1.807, 2.05) is 6.20 Å². The Morgan fingerprint density at radius 2 is 1.95 bits per heavy atom. The van der Waals surface area contributed by atoms with Crippen molar-refractivity contribution >= 4 is 0 Å². The smallest absolute Gasteiger partial charge is 0.194 e. The number of aryl methyl sites for hydroxylation is 1. The molecule has 0 unspecified atom stereocenters. The summed E-state index contributed by atoms with van der Waals surface area (Å²) in [7, 11) is 0. The van der Waals surface area contributed by atoms with Gasteiger partial charge in [0, 0.05) is 17.9 Å². The molecule has 0 saturated heterocycles. The van der Waals surface area contributed by atoms with Crippen molar-refractivity contribution in [3.63, 3.8) is 0 Å². The second-order valence-electron chi connectivity index (χ2n) is 7.39. The Morgan fingerprint density at radius 1 is 1.25 bits per heavy atom. The van der Waals surface area contributed by atoms with Crippen LogP contribution in [0.25, 0.3) is 0 Å². The summed E-state index contributed by atoms with van der Waals surface area (Å²) < 4.78 is 5.95. The molecule has 2 rings (SSSR count). The van der Waals surface area contributed by atoms with E-state index in [1.54, 1.807) is 0 Å². The average Bonchev–Trinajstić information content (AvgIpc) is 2.83. The van der Waals surface area contributed by atoms with Gasteiger partial charge in [-0.05, 0) is 52.5 Å². The molecule has 1 aromatic rings. The van der Waals surface area contributed by atoms with Crippen LogP contribution in [0.5, 0.6) is 0 Å². The van der Waals surface area contributed by atoms with Gasteiger partial charge in [0.15, 0.2) is 5.89 Å². The number of hydrogen-bond acceptors (Lipinski definition) is 3. The van der Waals surface area contributed by atoms with Crippen LogP contribution >= 0.6 is 0 Å². The average molecular weight is 278 g/mol. The molecule has 3 nitrogen and oxygen atoms in total. The molecule has 0 amide bonds. The Balaban J connectivity index is 1.75. The molecule has 20 heavy (non-hydrogen) atoms. The molecule has 114 valence electrons. The lowest BCUT2D eigenvalue weighted by Gasteiger charge is -2.24. The van der Waals surface area contributed by atoms with Crippen molar-refractivity contribution in [2.45, 2.75) is 77.7 Å². The normalized spacial score (nSPS) is 24.0. The lowest BCUT2D eigenvalue weighted by atomic mass is 9.82. The molecule has 0 radical (unpaired) electrons. The van der Waals surface area contributed by atoms with E-state index < -0.39 is 0 Å². The first-order valence-electron chi connectivity index (χ1n) is 8.13. The van der Waals surface area contributed by atoms with E-state index in [0.717, 1.165) is 37.0 Å². The van der Waals surface area contributed by atoms with E-state index in [-0.39, 0.29) is 5.54 Å². The highest BCUT2D eigenvalue weighted by Gasteiger charge is 2.22. The summed E-state index contributed by atoms with van der Waals surface area (Å²) >= 11 is 0. The first-order valence-corrected chi connectivity index (χ1v) is 8.13. The summed E-state index contributed by atoms with van der Waals surface area (Å²) in [4.78, 5) is 4.45. The topological polar surface area (TPSA) is 38.1 Å². The maximum atomic E-state index is 5.95. The lowest BCUT2D eigenvalue weighted by molar-refractivity contribution is 0.307. The molecule has 0 bridgehead atoms. The van der Waals surface area contributed by atoms with E-state index in [9.17, 15) is 0 Å². The molecule has 3 heteroatoms. The van der Waals surface area contributed by atoms with Gasteiger partial charge in [-0.2, -0.15) is 0 Å². The molecule has 1 aromatic heterocycles. The van der Waals surface area contributed by atoms with Gasteiger partial charge in [0.2, 0.25) is 0 Å². The number of rotatable bonds is 5. The van der Waals surface area contributed by atoms with Gasteiger partial charge < -0.3 is 9.73 Å². The predicted molar refractivity (Wildman–Crippen MR) is 83.0 cm³/mol. The molecule has 0 aromatic carbocycles. The molecule has 1 aliphatic carbocycles. The molecule has 1 aliphatic rings. The molecule has 0 atom stereocenters. The number of nitrogens with zero attached hydrogens (tertiary/aromatic N) is 1. The molecular weight excluding hydrogens is 248 g/mol. The van der Waals surface area contributed by atoms with Crippen molar-refractivity contribution in [2.24, 2.45) is 5.92 Å². The Hall–Kier alpha value is -0.830. The van der Waals surface area contributed by atoms with Crippen LogP contribution in [0, 0.1) is 5.92 Å². The van der Waals surface area contributed by atoms with Gasteiger partial charge in [-0.25, -0.2) is 4.98 Å². The van der Waals surface area contributed by atoms with Crippen LogP contribution in [0.3, 0.4) is 0 Å². The Kier molecular flexibility index (Phi) is 5.25. The zero-order valence-electron chi connectivity index (χ0n) is 13.5. The minimum Gasteiger partial charge on any atom is -0.445 e. The molecule has 1 fully saturated rings. The number of hydrogen-bond donors (Lipinski definition) is 1. The molecule has 1 saturated carbocycles. The third-order valence-electron chi connectivity index (χ3n) is 4.21. The van der Waals surface area contributed by atoms with Crippen molar-refractivity contribution in [2.75, 3.05) is 6.54 Å². The highest BCUT2D eigenvalue weighted by Crippen LogP contribution is 2.35. The second kappa shape index (κ2) is 6.75. The molecule has 0 spiro atoms. The van der Waals surface area contributed by atoms with Gasteiger partial charge in [0.25, 0.3) is 0 Å². The van der Waals surface area contributed by atoms with Crippen LogP contribution in [0.15, 0.2) is 10.6 Å². The standard InChI is InChI=1S/C17H30N2O/c1-13-7-9-14(10-8-13)15-12-18-16(20-15)6-5-11-19-17(2,3)4/h12-14,19H,5-11H2,1-4H3. The molecular formula is C17H30N2O. The number of oxazole rings is 1. The summed E-state index contributed by atoms with van der Waals surface area (Å²) in [5.74, 6) is 3.53. The molecule has 1 N–H and O–H groups in total. The van der Waals surface area contributed by atoms with E-state index in [1.165, 1.54) is 25.7 Å². The summed E-state index contributed by atoms with van der Waals surface area (Å²) in [6.45, 7) is 9.95. The van der Waals surface area contributed by atoms with Crippen LogP contribution in [0.4, 0.5) is 0 Å². The second-order valence-corrected chi connectivity index (χ2v) is 7.39. The fourth-order valence-electron chi connectivity index (χ4n) is 2.88. The van der Waals surface area contributed by atoms with Crippen molar-refractivity contribution in [3.8, 4) is 0 Å². The first kappa shape index (κ1) is 15.6. The highest BCUT2D eigenvalue weighted by molar-refractivity contribution is 5.03. The van der Waals surface area contributed by atoms with Crippen molar-refractivity contribution in [1.29, 1.82) is 0 Å². The van der Waals surface area contributed by atoms with Gasteiger partial charge in [-0.3, -0.25) is 0 Å². The van der Waals surface area contributed by atoms with E-state index in [2.05, 4.69) is 38.0 Å². The van der Waals surface area contributed by atoms with Crippen LogP contribution < -0.4 is 5.32 Å². The van der Waals surface area contributed by atoms with Gasteiger partial charge in [-0.15, -0.1) is 0 Å². The number of aromatic nitrogens is 1. The minimum absolute atomic E-state index is 0.195. The SMILES string of the molecule is CC1CCC(c2cnc(CCCNC(C)(C)C)o2)CC1. The van der Waals surface area contributed by atoms with E-state index >= 15 is 0 Å². The maximum Gasteiger partial charge on any atom is 0.194 e. The van der Waals surface area contributed by atoms with E-state index in [0.29, 0.717) is 5.92 Å². The largest absolute Gasteiger partial charge is 0.445 e. The Bertz CT molecular complexity index is 397. The molecule has 0 aliphatic heterocycles. The first-order chi connectivity index (χ1) is 9.44. The summed E-state index contributed by atoms with van der Waals surface area (Å²) in [6.07, 6.45) is 9.17. The zero-order valence-corrected chi connectivity index (χ0v) is 13.5. The summed E-state index contributed by atoms with van der Waals surface area (Å²) in [6, 6.07) is 0. The fraction of sp³-hybridized carbons (Fsp3) is 0.824. The summed E-state index contributed by atoms with van der Waals surface area (Å²) in [5.41, 5.74) is 0.195. The lowest BCUT2D eigenvalue weighted by Crippen LogP contribution is -2.36.